The molecule has 0 N–H and O–H groups in total. The van der Waals surface area contributed by atoms with Crippen LogP contribution >= 0.6 is 0 Å². The molecular formula is C27H42F2O. The zero-order chi connectivity index (χ0) is 21.2. The fourth-order valence-corrected chi connectivity index (χ4v) is 5.96. The molecule has 1 aliphatic heterocycles. The van der Waals surface area contributed by atoms with E-state index in [0.717, 1.165) is 49.2 Å². The molecule has 0 radical (unpaired) electrons. The van der Waals surface area contributed by atoms with Crippen LogP contribution in [0.2, 0.25) is 0 Å². The zero-order valence-electron chi connectivity index (χ0n) is 18.9. The highest BCUT2D eigenvalue weighted by molar-refractivity contribution is 4.98. The maximum atomic E-state index is 12.1. The first kappa shape index (κ1) is 23.7. The lowest BCUT2D eigenvalue weighted by molar-refractivity contribution is -0.0157. The minimum Gasteiger partial charge on any atom is -0.374 e. The fraction of sp³-hybridized carbons (Fsp3) is 0.778. The van der Waals surface area contributed by atoms with Crippen molar-refractivity contribution in [3.63, 3.8) is 0 Å². The van der Waals surface area contributed by atoms with Gasteiger partial charge in [0.1, 0.15) is 0 Å². The number of unbranched alkanes of at least 4 members (excludes halogenated alkanes) is 1. The van der Waals surface area contributed by atoms with Gasteiger partial charge in [-0.25, -0.2) is 0 Å². The SMILES string of the molecule is CC=CC1CCC(C2CCC(C=CC3CCC(CCCC=C(F)F)CC3)OC2)CC1. The molecule has 3 fully saturated rings. The zero-order valence-corrected chi connectivity index (χ0v) is 18.9. The summed E-state index contributed by atoms with van der Waals surface area (Å²) in [5.41, 5.74) is 0. The lowest BCUT2D eigenvalue weighted by Crippen LogP contribution is -2.31. The molecule has 0 aromatic heterocycles. The van der Waals surface area contributed by atoms with Gasteiger partial charge < -0.3 is 4.74 Å². The van der Waals surface area contributed by atoms with Crippen molar-refractivity contribution in [2.45, 2.75) is 96.5 Å². The van der Waals surface area contributed by atoms with Crippen molar-refractivity contribution in [2.24, 2.45) is 29.6 Å². The van der Waals surface area contributed by atoms with Crippen LogP contribution in [0.3, 0.4) is 0 Å². The Kier molecular flexibility index (Phi) is 10.1. The van der Waals surface area contributed by atoms with Crippen LogP contribution in [0.4, 0.5) is 8.78 Å². The van der Waals surface area contributed by atoms with E-state index in [-0.39, 0.29) is 0 Å². The van der Waals surface area contributed by atoms with Crippen molar-refractivity contribution in [3.05, 3.63) is 36.5 Å². The molecule has 0 aromatic carbocycles. The molecule has 0 bridgehead atoms. The van der Waals surface area contributed by atoms with Crippen molar-refractivity contribution >= 4 is 0 Å². The maximum absolute atomic E-state index is 12.1. The quantitative estimate of drug-likeness (QED) is 0.282. The maximum Gasteiger partial charge on any atom is 0.266 e. The second kappa shape index (κ2) is 12.8. The summed E-state index contributed by atoms with van der Waals surface area (Å²) in [6.45, 7) is 3.09. The van der Waals surface area contributed by atoms with Gasteiger partial charge in [-0.05, 0) is 120 Å². The minimum absolute atomic E-state index is 0.320. The monoisotopic (exact) mass is 420 g/mol. The number of ether oxygens (including phenoxy) is 1. The van der Waals surface area contributed by atoms with Crippen molar-refractivity contribution in [3.8, 4) is 0 Å². The van der Waals surface area contributed by atoms with Crippen LogP contribution in [-0.4, -0.2) is 12.7 Å². The summed E-state index contributed by atoms with van der Waals surface area (Å²) >= 11 is 0. The van der Waals surface area contributed by atoms with Gasteiger partial charge in [-0.2, -0.15) is 8.78 Å². The van der Waals surface area contributed by atoms with E-state index >= 15 is 0 Å². The van der Waals surface area contributed by atoms with Crippen LogP contribution in [0, 0.1) is 29.6 Å². The largest absolute Gasteiger partial charge is 0.374 e. The summed E-state index contributed by atoms with van der Waals surface area (Å²) < 4.78 is 30.4. The first-order chi connectivity index (χ1) is 14.6. The van der Waals surface area contributed by atoms with Gasteiger partial charge in [0.25, 0.3) is 6.08 Å². The number of allylic oxidation sites excluding steroid dienone is 4. The third kappa shape index (κ3) is 7.94. The molecule has 1 saturated heterocycles. The Morgan fingerprint density at radius 1 is 0.800 bits per heavy atom. The van der Waals surface area contributed by atoms with Gasteiger partial charge in [-0.1, -0.05) is 30.7 Å². The predicted molar refractivity (Wildman–Crippen MR) is 121 cm³/mol. The molecule has 2 saturated carbocycles. The molecule has 3 aliphatic rings. The van der Waals surface area contributed by atoms with E-state index in [9.17, 15) is 8.78 Å². The van der Waals surface area contributed by atoms with E-state index in [4.69, 9.17) is 4.74 Å². The molecule has 0 amide bonds. The summed E-state index contributed by atoms with van der Waals surface area (Å²) in [7, 11) is 0. The van der Waals surface area contributed by atoms with E-state index < -0.39 is 6.08 Å². The Balaban J connectivity index is 1.29. The second-order valence-corrected chi connectivity index (χ2v) is 10.0. The third-order valence-corrected chi connectivity index (χ3v) is 7.90. The van der Waals surface area contributed by atoms with Crippen molar-refractivity contribution in [1.29, 1.82) is 0 Å². The van der Waals surface area contributed by atoms with Crippen LogP contribution < -0.4 is 0 Å². The lowest BCUT2D eigenvalue weighted by Gasteiger charge is -2.37. The average molecular weight is 421 g/mol. The number of hydrogen-bond acceptors (Lipinski definition) is 1. The Labute approximate surface area is 183 Å². The number of hydrogen-bond donors (Lipinski definition) is 0. The van der Waals surface area contributed by atoms with Gasteiger partial charge in [0.05, 0.1) is 12.7 Å². The highest BCUT2D eigenvalue weighted by atomic mass is 19.3. The topological polar surface area (TPSA) is 9.23 Å². The molecule has 30 heavy (non-hydrogen) atoms. The third-order valence-electron chi connectivity index (χ3n) is 7.90. The first-order valence-electron chi connectivity index (χ1n) is 12.6. The number of halogens is 2. The molecule has 3 heteroatoms. The molecule has 0 aromatic rings. The lowest BCUT2D eigenvalue weighted by atomic mass is 9.73. The standard InChI is InChI=1S/C27H42F2O/c1-2-5-21-12-15-24(16-13-21)25-17-19-26(30-20-25)18-14-23-10-8-22(9-11-23)6-3-4-7-27(28)29/h2,5,7,14,18,21-26H,3-4,6,8-13,15-17,19-20H2,1H3. The van der Waals surface area contributed by atoms with Crippen LogP contribution in [-0.2, 0) is 4.74 Å². The van der Waals surface area contributed by atoms with E-state index in [1.807, 2.05) is 0 Å². The fourth-order valence-electron chi connectivity index (χ4n) is 5.96. The smallest absolute Gasteiger partial charge is 0.266 e. The van der Waals surface area contributed by atoms with E-state index in [2.05, 4.69) is 31.2 Å². The first-order valence-corrected chi connectivity index (χ1v) is 12.6. The molecule has 2 unspecified atom stereocenters. The number of rotatable bonds is 8. The highest BCUT2D eigenvalue weighted by Crippen LogP contribution is 2.38. The molecule has 2 atom stereocenters. The van der Waals surface area contributed by atoms with E-state index in [1.54, 1.807) is 0 Å². The minimum atomic E-state index is -1.53. The highest BCUT2D eigenvalue weighted by Gasteiger charge is 2.30. The van der Waals surface area contributed by atoms with Crippen LogP contribution in [0.1, 0.15) is 90.4 Å². The molecule has 1 nitrogen and oxygen atoms in total. The predicted octanol–water partition coefficient (Wildman–Crippen LogP) is 8.48. The van der Waals surface area contributed by atoms with E-state index in [0.29, 0.717) is 18.4 Å². The average Bonchev–Trinajstić information content (AvgIpc) is 2.77. The normalized spacial score (nSPS) is 35.7. The second-order valence-electron chi connectivity index (χ2n) is 10.0. The van der Waals surface area contributed by atoms with Gasteiger partial charge in [-0.3, -0.25) is 0 Å². The Hall–Kier alpha value is -0.960. The molecule has 1 heterocycles. The Morgan fingerprint density at radius 3 is 2.10 bits per heavy atom. The summed E-state index contributed by atoms with van der Waals surface area (Å²) in [6, 6.07) is 0. The summed E-state index contributed by atoms with van der Waals surface area (Å²) in [5.74, 6) is 3.89. The van der Waals surface area contributed by atoms with Crippen LogP contribution in [0.15, 0.2) is 36.5 Å². The van der Waals surface area contributed by atoms with Gasteiger partial charge in [0.2, 0.25) is 0 Å². The van der Waals surface area contributed by atoms with Gasteiger partial charge in [0.15, 0.2) is 0 Å². The van der Waals surface area contributed by atoms with Crippen molar-refractivity contribution in [2.75, 3.05) is 6.61 Å². The molecule has 3 rings (SSSR count). The Morgan fingerprint density at radius 2 is 1.47 bits per heavy atom. The molecule has 170 valence electrons. The molecule has 2 aliphatic carbocycles. The van der Waals surface area contributed by atoms with E-state index in [1.165, 1.54) is 64.2 Å². The summed E-state index contributed by atoms with van der Waals surface area (Å²) in [6.07, 6.45) is 24.8. The van der Waals surface area contributed by atoms with Crippen LogP contribution in [0.25, 0.3) is 0 Å². The van der Waals surface area contributed by atoms with Gasteiger partial charge >= 0.3 is 0 Å². The molecule has 0 spiro atoms. The Bertz CT molecular complexity index is 553. The summed E-state index contributed by atoms with van der Waals surface area (Å²) in [4.78, 5) is 0. The van der Waals surface area contributed by atoms with Crippen molar-refractivity contribution in [1.82, 2.24) is 0 Å². The summed E-state index contributed by atoms with van der Waals surface area (Å²) in [5, 5.41) is 0. The molecular weight excluding hydrogens is 378 g/mol. The van der Waals surface area contributed by atoms with Gasteiger partial charge in [0, 0.05) is 0 Å². The van der Waals surface area contributed by atoms with Crippen molar-refractivity contribution < 1.29 is 13.5 Å². The van der Waals surface area contributed by atoms with Crippen LogP contribution in [0.5, 0.6) is 0 Å². The van der Waals surface area contributed by atoms with Gasteiger partial charge in [-0.15, -0.1) is 0 Å².